The third kappa shape index (κ3) is 4.92. The lowest BCUT2D eigenvalue weighted by Gasteiger charge is -2.31. The van der Waals surface area contributed by atoms with Crippen LogP contribution < -0.4 is 10.6 Å². The number of benzene rings is 1. The fraction of sp³-hybridized carbons (Fsp3) is 0.417. The second kappa shape index (κ2) is 9.89. The minimum atomic E-state index is -0.294. The maximum Gasteiger partial charge on any atom is 0.409 e. The van der Waals surface area contributed by atoms with Crippen LogP contribution in [0, 0.1) is 0 Å². The molecule has 0 aliphatic carbocycles. The molecule has 3 aromatic rings. The van der Waals surface area contributed by atoms with Crippen LogP contribution in [0.3, 0.4) is 0 Å². The van der Waals surface area contributed by atoms with Gasteiger partial charge in [-0.05, 0) is 33.6 Å². The van der Waals surface area contributed by atoms with Crippen LogP contribution in [0.4, 0.5) is 10.5 Å². The SMILES string of the molecule is CCOC(=O)N1CCC(NC(=O)c2cnc3c(-c4cn[nH]c4)cccc3c2NC(C)C)CC1. The quantitative estimate of drug-likeness (QED) is 0.527. The second-order valence-electron chi connectivity index (χ2n) is 8.47. The zero-order chi connectivity index (χ0) is 23.4. The first-order chi connectivity index (χ1) is 16.0. The normalized spacial score (nSPS) is 14.5. The molecule has 1 aromatic carbocycles. The van der Waals surface area contributed by atoms with Gasteiger partial charge in [0.25, 0.3) is 5.91 Å². The Labute approximate surface area is 192 Å². The van der Waals surface area contributed by atoms with Gasteiger partial charge in [-0.25, -0.2) is 4.79 Å². The number of rotatable bonds is 6. The van der Waals surface area contributed by atoms with Gasteiger partial charge in [-0.1, -0.05) is 18.2 Å². The predicted molar refractivity (Wildman–Crippen MR) is 127 cm³/mol. The molecule has 0 atom stereocenters. The monoisotopic (exact) mass is 450 g/mol. The number of fused-ring (bicyclic) bond motifs is 1. The number of pyridine rings is 1. The number of hydrogen-bond acceptors (Lipinski definition) is 6. The molecule has 2 aromatic heterocycles. The number of aromatic amines is 1. The van der Waals surface area contributed by atoms with E-state index in [-0.39, 0.29) is 24.1 Å². The van der Waals surface area contributed by atoms with Gasteiger partial charge in [-0.2, -0.15) is 5.10 Å². The smallest absolute Gasteiger partial charge is 0.409 e. The van der Waals surface area contributed by atoms with Gasteiger partial charge < -0.3 is 20.3 Å². The number of nitrogens with zero attached hydrogens (tertiary/aromatic N) is 3. The Kier molecular flexibility index (Phi) is 6.76. The average molecular weight is 451 g/mol. The van der Waals surface area contributed by atoms with Crippen molar-refractivity contribution in [3.05, 3.63) is 42.4 Å². The molecule has 4 rings (SSSR count). The molecule has 9 nitrogen and oxygen atoms in total. The summed E-state index contributed by atoms with van der Waals surface area (Å²) in [4.78, 5) is 31.6. The van der Waals surface area contributed by atoms with E-state index in [1.54, 1.807) is 24.2 Å². The molecular formula is C24H30N6O3. The Morgan fingerprint density at radius 2 is 2.03 bits per heavy atom. The minimum absolute atomic E-state index is 0.0111. The van der Waals surface area contributed by atoms with E-state index in [2.05, 4.69) is 25.8 Å². The molecule has 33 heavy (non-hydrogen) atoms. The highest BCUT2D eigenvalue weighted by Crippen LogP contribution is 2.33. The Morgan fingerprint density at radius 3 is 2.70 bits per heavy atom. The van der Waals surface area contributed by atoms with Crippen molar-refractivity contribution < 1.29 is 14.3 Å². The Balaban J connectivity index is 1.58. The molecule has 3 heterocycles. The highest BCUT2D eigenvalue weighted by atomic mass is 16.6. The summed E-state index contributed by atoms with van der Waals surface area (Å²) in [5.41, 5.74) is 3.97. The van der Waals surface area contributed by atoms with E-state index in [4.69, 9.17) is 4.74 Å². The zero-order valence-corrected chi connectivity index (χ0v) is 19.2. The van der Waals surface area contributed by atoms with Crippen LogP contribution in [-0.4, -0.2) is 63.9 Å². The van der Waals surface area contributed by atoms with E-state index in [0.717, 1.165) is 27.7 Å². The lowest BCUT2D eigenvalue weighted by Crippen LogP contribution is -2.46. The van der Waals surface area contributed by atoms with Gasteiger partial charge in [0, 0.05) is 54.1 Å². The first-order valence-corrected chi connectivity index (χ1v) is 11.4. The average Bonchev–Trinajstić information content (AvgIpc) is 3.34. The van der Waals surface area contributed by atoms with Crippen molar-refractivity contribution in [2.45, 2.75) is 45.7 Å². The van der Waals surface area contributed by atoms with Crippen LogP contribution in [0.2, 0.25) is 0 Å². The topological polar surface area (TPSA) is 112 Å². The van der Waals surface area contributed by atoms with Gasteiger partial charge >= 0.3 is 6.09 Å². The van der Waals surface area contributed by atoms with Gasteiger partial charge in [0.1, 0.15) is 0 Å². The first-order valence-electron chi connectivity index (χ1n) is 11.4. The molecule has 1 aliphatic heterocycles. The highest BCUT2D eigenvalue weighted by molar-refractivity contribution is 6.09. The molecule has 9 heteroatoms. The number of ether oxygens (including phenoxy) is 1. The van der Waals surface area contributed by atoms with E-state index in [1.807, 2.05) is 38.2 Å². The Morgan fingerprint density at radius 1 is 1.24 bits per heavy atom. The van der Waals surface area contributed by atoms with Crippen LogP contribution in [0.1, 0.15) is 44.0 Å². The van der Waals surface area contributed by atoms with E-state index >= 15 is 0 Å². The number of nitrogens with one attached hydrogen (secondary N) is 3. The summed E-state index contributed by atoms with van der Waals surface area (Å²) in [6.07, 6.45) is 6.30. The number of likely N-dealkylation sites (tertiary alicyclic amines) is 1. The zero-order valence-electron chi connectivity index (χ0n) is 19.2. The number of aromatic nitrogens is 3. The second-order valence-corrected chi connectivity index (χ2v) is 8.47. The van der Waals surface area contributed by atoms with Crippen LogP contribution in [0.25, 0.3) is 22.0 Å². The lowest BCUT2D eigenvalue weighted by atomic mass is 10.0. The highest BCUT2D eigenvalue weighted by Gasteiger charge is 2.26. The fourth-order valence-corrected chi connectivity index (χ4v) is 4.15. The van der Waals surface area contributed by atoms with Gasteiger partial charge in [0.2, 0.25) is 0 Å². The largest absolute Gasteiger partial charge is 0.450 e. The van der Waals surface area contributed by atoms with Crippen LogP contribution in [0.5, 0.6) is 0 Å². The number of H-pyrrole nitrogens is 1. The molecule has 1 saturated heterocycles. The molecule has 0 bridgehead atoms. The summed E-state index contributed by atoms with van der Waals surface area (Å²) in [6, 6.07) is 6.06. The number of piperidine rings is 1. The summed E-state index contributed by atoms with van der Waals surface area (Å²) in [7, 11) is 0. The molecule has 0 radical (unpaired) electrons. The first kappa shape index (κ1) is 22.6. The Bertz CT molecular complexity index is 1120. The maximum absolute atomic E-state index is 13.3. The number of carbonyl (C=O) groups is 2. The van der Waals surface area contributed by atoms with E-state index in [9.17, 15) is 9.59 Å². The standard InChI is InChI=1S/C24H30N6O3/c1-4-33-24(32)30-10-8-17(9-11-30)29-23(31)20-14-25-21-18(16-12-26-27-13-16)6-5-7-19(21)22(20)28-15(2)3/h5-7,12-15,17H,4,8-11H2,1-3H3,(H,25,28)(H,26,27)(H,29,31). The van der Waals surface area contributed by atoms with Crippen molar-refractivity contribution in [3.63, 3.8) is 0 Å². The number of para-hydroxylation sites is 1. The molecule has 0 saturated carbocycles. The summed E-state index contributed by atoms with van der Waals surface area (Å²) in [5.74, 6) is -0.171. The van der Waals surface area contributed by atoms with Crippen molar-refractivity contribution in [2.24, 2.45) is 0 Å². The van der Waals surface area contributed by atoms with Crippen molar-refractivity contribution in [3.8, 4) is 11.1 Å². The van der Waals surface area contributed by atoms with Gasteiger partial charge in [0.15, 0.2) is 0 Å². The number of carbonyl (C=O) groups excluding carboxylic acids is 2. The van der Waals surface area contributed by atoms with Crippen LogP contribution in [0.15, 0.2) is 36.8 Å². The van der Waals surface area contributed by atoms with E-state index in [1.165, 1.54) is 0 Å². The molecular weight excluding hydrogens is 420 g/mol. The lowest BCUT2D eigenvalue weighted by molar-refractivity contribution is 0.0860. The molecule has 174 valence electrons. The maximum atomic E-state index is 13.3. The summed E-state index contributed by atoms with van der Waals surface area (Å²) in [5, 5.41) is 14.4. The van der Waals surface area contributed by atoms with E-state index < -0.39 is 0 Å². The fourth-order valence-electron chi connectivity index (χ4n) is 4.15. The number of amides is 2. The summed E-state index contributed by atoms with van der Waals surface area (Å²) < 4.78 is 5.07. The molecule has 0 spiro atoms. The third-order valence-electron chi connectivity index (χ3n) is 5.74. The third-order valence-corrected chi connectivity index (χ3v) is 5.74. The molecule has 1 aliphatic rings. The molecule has 0 unspecified atom stereocenters. The molecule has 1 fully saturated rings. The minimum Gasteiger partial charge on any atom is -0.450 e. The number of anilines is 1. The van der Waals surface area contributed by atoms with Gasteiger partial charge in [-0.15, -0.1) is 0 Å². The summed E-state index contributed by atoms with van der Waals surface area (Å²) in [6.45, 7) is 7.36. The van der Waals surface area contributed by atoms with Gasteiger partial charge in [-0.3, -0.25) is 14.9 Å². The van der Waals surface area contributed by atoms with E-state index in [0.29, 0.717) is 38.1 Å². The van der Waals surface area contributed by atoms with Gasteiger partial charge in [0.05, 0.1) is 29.6 Å². The van der Waals surface area contributed by atoms with Crippen molar-refractivity contribution in [1.29, 1.82) is 0 Å². The molecule has 2 amide bonds. The molecule has 3 N–H and O–H groups in total. The van der Waals surface area contributed by atoms with Crippen molar-refractivity contribution in [2.75, 3.05) is 25.0 Å². The Hall–Kier alpha value is -3.62. The predicted octanol–water partition coefficient (Wildman–Crippen LogP) is 3.80. The number of hydrogen-bond donors (Lipinski definition) is 3. The van der Waals surface area contributed by atoms with Crippen LogP contribution in [-0.2, 0) is 4.74 Å². The van der Waals surface area contributed by atoms with Crippen molar-refractivity contribution in [1.82, 2.24) is 25.4 Å². The van der Waals surface area contributed by atoms with Crippen molar-refractivity contribution >= 4 is 28.6 Å². The summed E-state index contributed by atoms with van der Waals surface area (Å²) >= 11 is 0. The van der Waals surface area contributed by atoms with Crippen LogP contribution >= 0.6 is 0 Å².